The average molecular weight is 309 g/mol. The third-order valence-corrected chi connectivity index (χ3v) is 3.23. The van der Waals surface area contributed by atoms with Gasteiger partial charge in [0.25, 0.3) is 0 Å². The van der Waals surface area contributed by atoms with Gasteiger partial charge in [-0.25, -0.2) is 2.94 Å². The van der Waals surface area contributed by atoms with Gasteiger partial charge in [0, 0.05) is 22.9 Å². The third-order valence-electron chi connectivity index (χ3n) is 1.40. The van der Waals surface area contributed by atoms with Crippen LogP contribution < -0.4 is 2.94 Å². The first-order valence-corrected chi connectivity index (χ1v) is 5.78. The number of benzene rings is 1. The lowest BCUT2D eigenvalue weighted by Gasteiger charge is -1.96. The molecule has 0 saturated carbocycles. The van der Waals surface area contributed by atoms with Crippen LogP contribution in [0.4, 0.5) is 0 Å². The van der Waals surface area contributed by atoms with Crippen molar-refractivity contribution in [3.63, 3.8) is 0 Å². The van der Waals surface area contributed by atoms with E-state index < -0.39 is 0 Å². The van der Waals surface area contributed by atoms with E-state index in [1.165, 1.54) is 11.7 Å². The number of nitrogens with zero attached hydrogens (tertiary/aromatic N) is 2. The maximum atomic E-state index is 4.20. The molecule has 0 radical (unpaired) electrons. The fourth-order valence-electron chi connectivity index (χ4n) is 0.905. The Morgan fingerprint density at radius 1 is 1.42 bits per heavy atom. The highest BCUT2D eigenvalue weighted by Gasteiger charge is 2.03. The Balaban J connectivity index is 2.57. The molecule has 62 valence electrons. The molecule has 0 saturated heterocycles. The maximum absolute atomic E-state index is 4.20. The Kier molecular flexibility index (Phi) is 2.79. The van der Waals surface area contributed by atoms with Crippen LogP contribution in [0.3, 0.4) is 0 Å². The van der Waals surface area contributed by atoms with E-state index in [-0.39, 0.29) is 0 Å². The second-order valence-corrected chi connectivity index (χ2v) is 4.72. The SMILES string of the molecule is INSc1cccc2nsnc12. The van der Waals surface area contributed by atoms with E-state index in [1.54, 1.807) is 11.9 Å². The Labute approximate surface area is 91.9 Å². The number of aromatic nitrogens is 2. The Bertz CT molecular complexity index is 389. The van der Waals surface area contributed by atoms with Gasteiger partial charge in [-0.2, -0.15) is 8.75 Å². The van der Waals surface area contributed by atoms with Crippen LogP contribution in [-0.4, -0.2) is 8.75 Å². The standard InChI is InChI=1S/C6H4IN3S2/c7-10-11-5-3-1-2-4-6(5)9-12-8-4/h1-3,10H. The molecule has 1 heterocycles. The van der Waals surface area contributed by atoms with E-state index in [2.05, 4.69) is 34.5 Å². The van der Waals surface area contributed by atoms with Crippen LogP contribution in [0.1, 0.15) is 0 Å². The van der Waals surface area contributed by atoms with Gasteiger partial charge in [-0.1, -0.05) is 6.07 Å². The summed E-state index contributed by atoms with van der Waals surface area (Å²) >= 11 is 4.89. The number of nitrogens with one attached hydrogen (secondary N) is 1. The summed E-state index contributed by atoms with van der Waals surface area (Å²) in [5, 5.41) is 0. The second kappa shape index (κ2) is 3.86. The van der Waals surface area contributed by atoms with E-state index in [0.29, 0.717) is 0 Å². The average Bonchev–Trinajstić information content (AvgIpc) is 2.53. The summed E-state index contributed by atoms with van der Waals surface area (Å²) in [7, 11) is 0. The van der Waals surface area contributed by atoms with Crippen molar-refractivity contribution in [1.29, 1.82) is 0 Å². The summed E-state index contributed by atoms with van der Waals surface area (Å²) in [5.74, 6) is 0. The van der Waals surface area contributed by atoms with Crippen molar-refractivity contribution in [2.45, 2.75) is 4.90 Å². The largest absolute Gasteiger partial charge is 0.201 e. The van der Waals surface area contributed by atoms with E-state index in [4.69, 9.17) is 0 Å². The summed E-state index contributed by atoms with van der Waals surface area (Å²) in [5.41, 5.74) is 1.95. The van der Waals surface area contributed by atoms with Crippen LogP contribution in [-0.2, 0) is 0 Å². The summed E-state index contributed by atoms with van der Waals surface area (Å²) in [6, 6.07) is 5.98. The molecule has 0 atom stereocenters. The van der Waals surface area contributed by atoms with E-state index >= 15 is 0 Å². The summed E-state index contributed by atoms with van der Waals surface area (Å²) < 4.78 is 11.3. The molecule has 0 aliphatic carbocycles. The molecule has 0 amide bonds. The van der Waals surface area contributed by atoms with Gasteiger partial charge in [-0.05, 0) is 24.1 Å². The Morgan fingerprint density at radius 3 is 3.17 bits per heavy atom. The molecule has 0 unspecified atom stereocenters. The summed E-state index contributed by atoms with van der Waals surface area (Å²) in [6.45, 7) is 0. The van der Waals surface area contributed by atoms with Crippen molar-refractivity contribution in [3.8, 4) is 0 Å². The molecule has 0 aliphatic rings. The second-order valence-electron chi connectivity index (χ2n) is 2.07. The van der Waals surface area contributed by atoms with E-state index in [9.17, 15) is 0 Å². The normalized spacial score (nSPS) is 10.8. The molecule has 1 aromatic carbocycles. The minimum atomic E-state index is 0.969. The first-order valence-electron chi connectivity index (χ1n) is 3.15. The molecular weight excluding hydrogens is 305 g/mol. The minimum Gasteiger partial charge on any atom is -0.201 e. The highest BCUT2D eigenvalue weighted by molar-refractivity contribution is 14.1. The molecule has 2 rings (SSSR count). The number of hydrogen-bond donors (Lipinski definition) is 1. The number of halogens is 1. The monoisotopic (exact) mass is 309 g/mol. The van der Waals surface area contributed by atoms with Crippen molar-refractivity contribution in [2.75, 3.05) is 0 Å². The lowest BCUT2D eigenvalue weighted by atomic mass is 10.3. The van der Waals surface area contributed by atoms with Crippen molar-refractivity contribution in [1.82, 2.24) is 11.7 Å². The summed E-state index contributed by atoms with van der Waals surface area (Å²) in [4.78, 5) is 1.12. The van der Waals surface area contributed by atoms with Gasteiger partial charge in [0.05, 0.1) is 16.6 Å². The number of hydrogen-bond acceptors (Lipinski definition) is 5. The third kappa shape index (κ3) is 1.56. The fraction of sp³-hybridized carbons (Fsp3) is 0. The van der Waals surface area contributed by atoms with Crippen molar-refractivity contribution in [3.05, 3.63) is 18.2 Å². The van der Waals surface area contributed by atoms with Gasteiger partial charge in [-0.15, -0.1) is 0 Å². The lowest BCUT2D eigenvalue weighted by Crippen LogP contribution is -1.82. The predicted molar refractivity (Wildman–Crippen MR) is 60.4 cm³/mol. The van der Waals surface area contributed by atoms with Crippen LogP contribution in [0.5, 0.6) is 0 Å². The van der Waals surface area contributed by atoms with Gasteiger partial charge in [0.1, 0.15) is 11.0 Å². The predicted octanol–water partition coefficient (Wildman–Crippen LogP) is 2.64. The molecule has 3 nitrogen and oxygen atoms in total. The summed E-state index contributed by atoms with van der Waals surface area (Å²) in [6.07, 6.45) is 0. The highest BCUT2D eigenvalue weighted by Crippen LogP contribution is 2.24. The molecule has 12 heavy (non-hydrogen) atoms. The molecule has 0 bridgehead atoms. The number of fused-ring (bicyclic) bond motifs is 1. The first kappa shape index (κ1) is 8.67. The van der Waals surface area contributed by atoms with Crippen molar-refractivity contribution in [2.24, 2.45) is 0 Å². The van der Waals surface area contributed by atoms with Gasteiger partial charge < -0.3 is 0 Å². The van der Waals surface area contributed by atoms with Crippen LogP contribution in [0.15, 0.2) is 23.1 Å². The minimum absolute atomic E-state index is 0.969. The number of rotatable bonds is 2. The quantitative estimate of drug-likeness (QED) is 0.526. The van der Waals surface area contributed by atoms with Gasteiger partial charge in [0.2, 0.25) is 0 Å². The molecule has 2 aromatic rings. The van der Waals surface area contributed by atoms with E-state index in [1.807, 2.05) is 18.2 Å². The zero-order valence-electron chi connectivity index (χ0n) is 5.82. The van der Waals surface area contributed by atoms with Gasteiger partial charge in [-0.3, -0.25) is 0 Å². The first-order chi connectivity index (χ1) is 5.92. The van der Waals surface area contributed by atoms with Gasteiger partial charge in [0.15, 0.2) is 0 Å². The van der Waals surface area contributed by atoms with E-state index in [0.717, 1.165) is 15.9 Å². The van der Waals surface area contributed by atoms with Crippen LogP contribution in [0.25, 0.3) is 11.0 Å². The smallest absolute Gasteiger partial charge is 0.119 e. The maximum Gasteiger partial charge on any atom is 0.119 e. The zero-order valence-corrected chi connectivity index (χ0v) is 9.61. The van der Waals surface area contributed by atoms with Crippen LogP contribution >= 0.6 is 46.5 Å². The molecule has 1 aromatic heterocycles. The van der Waals surface area contributed by atoms with Crippen molar-refractivity contribution < 1.29 is 0 Å². The van der Waals surface area contributed by atoms with Crippen LogP contribution in [0.2, 0.25) is 0 Å². The van der Waals surface area contributed by atoms with Crippen molar-refractivity contribution >= 4 is 57.6 Å². The molecule has 0 spiro atoms. The Morgan fingerprint density at radius 2 is 2.33 bits per heavy atom. The molecule has 1 N–H and O–H groups in total. The fourth-order valence-corrected chi connectivity index (χ4v) is 2.70. The zero-order chi connectivity index (χ0) is 8.39. The van der Waals surface area contributed by atoms with Gasteiger partial charge >= 0.3 is 0 Å². The molecule has 0 aliphatic heterocycles. The molecular formula is C6H4IN3S2. The van der Waals surface area contributed by atoms with Crippen LogP contribution in [0, 0.1) is 0 Å². The molecule has 6 heteroatoms. The molecule has 0 fully saturated rings. The highest BCUT2D eigenvalue weighted by atomic mass is 127. The lowest BCUT2D eigenvalue weighted by molar-refractivity contribution is 1.47. The topological polar surface area (TPSA) is 37.8 Å². The Hall–Kier alpha value is 0.0800.